The largest absolute Gasteiger partial charge is 0.497 e. The number of benzene rings is 1. The fourth-order valence-corrected chi connectivity index (χ4v) is 3.58. The van der Waals surface area contributed by atoms with Crippen molar-refractivity contribution in [2.75, 3.05) is 13.7 Å². The molecule has 0 saturated heterocycles. The molecule has 0 spiro atoms. The van der Waals surface area contributed by atoms with E-state index in [1.165, 1.54) is 53.6 Å². The third kappa shape index (κ3) is 2.25. The van der Waals surface area contributed by atoms with E-state index >= 15 is 0 Å². The Morgan fingerprint density at radius 2 is 2.24 bits per heavy atom. The summed E-state index contributed by atoms with van der Waals surface area (Å²) in [7, 11) is 1.72. The molecule has 1 aromatic heterocycles. The Balaban J connectivity index is 1.66. The average molecular weight is 282 g/mol. The summed E-state index contributed by atoms with van der Waals surface area (Å²) in [5, 5.41) is 1.34. The highest BCUT2D eigenvalue weighted by Crippen LogP contribution is 2.33. The number of methoxy groups -OCH3 is 1. The summed E-state index contributed by atoms with van der Waals surface area (Å²) in [5.74, 6) is 1.86. The fraction of sp³-hybridized carbons (Fsp3) is 0.500. The van der Waals surface area contributed by atoms with Gasteiger partial charge in [-0.05, 0) is 42.9 Å². The number of aromatic nitrogens is 1. The van der Waals surface area contributed by atoms with Crippen molar-refractivity contribution in [1.82, 2.24) is 4.98 Å². The van der Waals surface area contributed by atoms with Crippen molar-refractivity contribution in [3.63, 3.8) is 0 Å². The van der Waals surface area contributed by atoms with Crippen molar-refractivity contribution in [1.29, 1.82) is 0 Å². The molecule has 3 nitrogen and oxygen atoms in total. The molecule has 0 amide bonds. The molecule has 0 unspecified atom stereocenters. The quantitative estimate of drug-likeness (QED) is 0.900. The van der Waals surface area contributed by atoms with Crippen LogP contribution in [0.15, 0.2) is 23.2 Å². The van der Waals surface area contributed by atoms with Gasteiger partial charge in [-0.2, -0.15) is 0 Å². The molecule has 0 radical (unpaired) electrons. The molecule has 2 heterocycles. The topological polar surface area (TPSA) is 37.4 Å². The van der Waals surface area contributed by atoms with Gasteiger partial charge in [0.25, 0.3) is 0 Å². The summed E-state index contributed by atoms with van der Waals surface area (Å²) in [6.07, 6.45) is 7.75. The van der Waals surface area contributed by atoms with Gasteiger partial charge in [-0.25, -0.2) is 0 Å². The van der Waals surface area contributed by atoms with Gasteiger partial charge in [0.1, 0.15) is 5.75 Å². The maximum atomic E-state index is 5.33. The molecule has 3 heteroatoms. The van der Waals surface area contributed by atoms with Gasteiger partial charge in [-0.3, -0.25) is 4.99 Å². The van der Waals surface area contributed by atoms with Gasteiger partial charge < -0.3 is 9.72 Å². The molecule has 1 N–H and O–H groups in total. The molecular formula is C18H22N2O. The monoisotopic (exact) mass is 282 g/mol. The number of hydrogen-bond acceptors (Lipinski definition) is 2. The highest BCUT2D eigenvalue weighted by atomic mass is 16.5. The van der Waals surface area contributed by atoms with Gasteiger partial charge in [-0.1, -0.05) is 19.3 Å². The Morgan fingerprint density at radius 1 is 1.33 bits per heavy atom. The van der Waals surface area contributed by atoms with Crippen molar-refractivity contribution in [3.8, 4) is 5.75 Å². The maximum Gasteiger partial charge on any atom is 0.120 e. The van der Waals surface area contributed by atoms with Gasteiger partial charge in [-0.15, -0.1) is 0 Å². The van der Waals surface area contributed by atoms with Gasteiger partial charge in [0.05, 0.1) is 18.5 Å². The number of nitrogens with zero attached hydrogens (tertiary/aromatic N) is 1. The second-order valence-electron chi connectivity index (χ2n) is 6.30. The molecule has 1 fully saturated rings. The Kier molecular flexibility index (Phi) is 3.21. The summed E-state index contributed by atoms with van der Waals surface area (Å²) in [6, 6.07) is 6.33. The SMILES string of the molecule is COc1ccc2c3c([nH]c2c1)C(CCC1CCC1)=NCC3. The van der Waals surface area contributed by atoms with Crippen LogP contribution in [0.4, 0.5) is 0 Å². The Labute approximate surface area is 125 Å². The van der Waals surface area contributed by atoms with Crippen LogP contribution in [0.1, 0.15) is 43.4 Å². The normalized spacial score (nSPS) is 18.2. The molecule has 4 rings (SSSR count). The third-order valence-corrected chi connectivity index (χ3v) is 5.08. The number of rotatable bonds is 4. The fourth-order valence-electron chi connectivity index (χ4n) is 3.58. The Bertz CT molecular complexity index is 695. The van der Waals surface area contributed by atoms with E-state index in [0.717, 1.165) is 31.1 Å². The van der Waals surface area contributed by atoms with E-state index in [1.807, 2.05) is 0 Å². The standard InChI is InChI=1S/C18H22N2O/c1-21-13-6-7-14-15-9-10-19-16(8-5-12-3-2-4-12)18(15)20-17(14)11-13/h6-7,11-12,20H,2-5,8-10H2,1H3. The second kappa shape index (κ2) is 5.21. The first kappa shape index (κ1) is 12.9. The average Bonchev–Trinajstić information content (AvgIpc) is 2.84. The summed E-state index contributed by atoms with van der Waals surface area (Å²) >= 11 is 0. The number of H-pyrrole nitrogens is 1. The van der Waals surface area contributed by atoms with Crippen LogP contribution in [-0.4, -0.2) is 24.4 Å². The number of hydrogen-bond donors (Lipinski definition) is 1. The lowest BCUT2D eigenvalue weighted by Crippen LogP contribution is -2.16. The highest BCUT2D eigenvalue weighted by Gasteiger charge is 2.22. The molecular weight excluding hydrogens is 260 g/mol. The van der Waals surface area contributed by atoms with Gasteiger partial charge in [0, 0.05) is 23.5 Å². The van der Waals surface area contributed by atoms with Crippen molar-refractivity contribution >= 4 is 16.6 Å². The summed E-state index contributed by atoms with van der Waals surface area (Å²) in [5.41, 5.74) is 5.20. The third-order valence-electron chi connectivity index (χ3n) is 5.08. The van der Waals surface area contributed by atoms with E-state index in [-0.39, 0.29) is 0 Å². The molecule has 110 valence electrons. The van der Waals surface area contributed by atoms with Crippen LogP contribution in [0.2, 0.25) is 0 Å². The number of ether oxygens (including phenoxy) is 1. The molecule has 1 aliphatic heterocycles. The first-order valence-electron chi connectivity index (χ1n) is 8.07. The highest BCUT2D eigenvalue weighted by molar-refractivity contribution is 6.06. The van der Waals surface area contributed by atoms with E-state index < -0.39 is 0 Å². The van der Waals surface area contributed by atoms with Crippen LogP contribution in [0, 0.1) is 5.92 Å². The molecule has 0 atom stereocenters. The molecule has 21 heavy (non-hydrogen) atoms. The predicted molar refractivity (Wildman–Crippen MR) is 86.5 cm³/mol. The van der Waals surface area contributed by atoms with Crippen LogP contribution in [0.3, 0.4) is 0 Å². The molecule has 1 aromatic carbocycles. The van der Waals surface area contributed by atoms with Crippen LogP contribution in [0.5, 0.6) is 5.75 Å². The number of fused-ring (bicyclic) bond motifs is 3. The zero-order chi connectivity index (χ0) is 14.2. The number of aliphatic imine (C=N–C) groups is 1. The van der Waals surface area contributed by atoms with E-state index in [2.05, 4.69) is 23.2 Å². The zero-order valence-corrected chi connectivity index (χ0v) is 12.6. The number of aromatic amines is 1. The smallest absolute Gasteiger partial charge is 0.120 e. The summed E-state index contributed by atoms with van der Waals surface area (Å²) in [6.45, 7) is 0.936. The van der Waals surface area contributed by atoms with Crippen LogP contribution < -0.4 is 4.74 Å². The first-order valence-corrected chi connectivity index (χ1v) is 8.07. The zero-order valence-electron chi connectivity index (χ0n) is 12.6. The minimum atomic E-state index is 0.911. The van der Waals surface area contributed by atoms with Crippen LogP contribution in [-0.2, 0) is 6.42 Å². The van der Waals surface area contributed by atoms with Crippen molar-refractivity contribution in [3.05, 3.63) is 29.5 Å². The van der Waals surface area contributed by atoms with Crippen molar-refractivity contribution in [2.45, 2.75) is 38.5 Å². The Morgan fingerprint density at radius 3 is 3.00 bits per heavy atom. The summed E-state index contributed by atoms with van der Waals surface area (Å²) in [4.78, 5) is 8.38. The van der Waals surface area contributed by atoms with E-state index in [4.69, 9.17) is 9.73 Å². The van der Waals surface area contributed by atoms with E-state index in [0.29, 0.717) is 0 Å². The van der Waals surface area contributed by atoms with Crippen molar-refractivity contribution < 1.29 is 4.74 Å². The van der Waals surface area contributed by atoms with Gasteiger partial charge in [0.15, 0.2) is 0 Å². The lowest BCUT2D eigenvalue weighted by atomic mass is 9.81. The van der Waals surface area contributed by atoms with Crippen LogP contribution in [0.25, 0.3) is 10.9 Å². The molecule has 0 bridgehead atoms. The molecule has 2 aliphatic rings. The van der Waals surface area contributed by atoms with E-state index in [9.17, 15) is 0 Å². The first-order chi connectivity index (χ1) is 10.3. The lowest BCUT2D eigenvalue weighted by molar-refractivity contribution is 0.300. The van der Waals surface area contributed by atoms with Crippen LogP contribution >= 0.6 is 0 Å². The second-order valence-corrected chi connectivity index (χ2v) is 6.30. The minimum absolute atomic E-state index is 0.911. The minimum Gasteiger partial charge on any atom is -0.497 e. The molecule has 2 aromatic rings. The number of nitrogens with one attached hydrogen (secondary N) is 1. The van der Waals surface area contributed by atoms with Gasteiger partial charge >= 0.3 is 0 Å². The maximum absolute atomic E-state index is 5.33. The molecule has 1 aliphatic carbocycles. The lowest BCUT2D eigenvalue weighted by Gasteiger charge is -2.25. The van der Waals surface area contributed by atoms with Gasteiger partial charge in [0.2, 0.25) is 0 Å². The summed E-state index contributed by atoms with van der Waals surface area (Å²) < 4.78 is 5.33. The molecule has 1 saturated carbocycles. The van der Waals surface area contributed by atoms with Crippen molar-refractivity contribution in [2.24, 2.45) is 10.9 Å². The van der Waals surface area contributed by atoms with E-state index in [1.54, 1.807) is 7.11 Å². The predicted octanol–water partition coefficient (Wildman–Crippen LogP) is 4.10. The Hall–Kier alpha value is -1.77.